The zero-order chi connectivity index (χ0) is 8.15. The van der Waals surface area contributed by atoms with Crippen molar-refractivity contribution < 1.29 is 65.4 Å². The summed E-state index contributed by atoms with van der Waals surface area (Å²) in [5.41, 5.74) is 0. The monoisotopic (exact) mass is 429 g/mol. The van der Waals surface area contributed by atoms with E-state index in [1.165, 1.54) is 0 Å². The number of ketones is 1. The molecule has 0 aromatic rings. The van der Waals surface area contributed by atoms with Crippen LogP contribution in [0.3, 0.4) is 0 Å². The average Bonchev–Trinajstić information content (AvgIpc) is 1.87. The summed E-state index contributed by atoms with van der Waals surface area (Å²) in [6, 6.07) is 0. The molecule has 1 unspecified atom stereocenters. The molecule has 0 aliphatic rings. The molecule has 13 heavy (non-hydrogen) atoms. The number of Topliss-reactive ketones (excluding diaryl/α,β-unsaturated/α-hetero) is 1. The molecule has 83 valence electrons. The van der Waals surface area contributed by atoms with Gasteiger partial charge in [-0.05, 0) is 13.8 Å². The Morgan fingerprint density at radius 2 is 1.77 bits per heavy atom. The second kappa shape index (κ2) is 13.1. The normalized spacial score (nSPS) is 9.46. The molecule has 0 aliphatic heterocycles. The van der Waals surface area contributed by atoms with E-state index in [-0.39, 0.29) is 57.6 Å². The third-order valence-corrected chi connectivity index (χ3v) is 1.25. The molecular weight excluding hydrogens is 423 g/mol. The third kappa shape index (κ3) is 11.0. The van der Waals surface area contributed by atoms with E-state index in [2.05, 4.69) is 20.7 Å². The molecule has 0 heterocycles. The van der Waals surface area contributed by atoms with Crippen molar-refractivity contribution in [2.75, 3.05) is 6.61 Å². The van der Waals surface area contributed by atoms with E-state index in [9.17, 15) is 9.59 Å². The van der Waals surface area contributed by atoms with E-state index in [1.807, 2.05) is 0 Å². The topological polar surface area (TPSA) is 43.4 Å². The largest absolute Gasteiger partial charge is 2.00 e. The van der Waals surface area contributed by atoms with Crippen LogP contribution < -0.4 is 34.0 Å². The fourth-order valence-electron chi connectivity index (χ4n) is 0.365. The Kier molecular flexibility index (Phi) is 23.9. The van der Waals surface area contributed by atoms with Crippen LogP contribution in [0.2, 0.25) is 0 Å². The maximum atomic E-state index is 10.7. The Bertz CT molecular complexity index is 152. The molecule has 3 nitrogen and oxygen atoms in total. The molecule has 0 bridgehead atoms. The van der Waals surface area contributed by atoms with Crippen LogP contribution >= 0.6 is 15.9 Å². The maximum Gasteiger partial charge on any atom is 2.00 e. The molecule has 0 fully saturated rings. The van der Waals surface area contributed by atoms with Gasteiger partial charge in [-0.15, -0.1) is 0 Å². The minimum absolute atomic E-state index is 0. The summed E-state index contributed by atoms with van der Waals surface area (Å²) in [6.07, 6.45) is 0. The van der Waals surface area contributed by atoms with Crippen LogP contribution in [0.1, 0.15) is 13.8 Å². The number of carbonyl (C=O) groups excluding carboxylic acids is 2. The predicted octanol–water partition coefficient (Wildman–Crippen LogP) is -5.09. The minimum Gasteiger partial charge on any atom is -1.00 e. The number of carbonyl (C=O) groups is 2. The van der Waals surface area contributed by atoms with Gasteiger partial charge >= 0.3 is 23.0 Å². The predicted molar refractivity (Wildman–Crippen MR) is 40.0 cm³/mol. The average molecular weight is 432 g/mol. The van der Waals surface area contributed by atoms with Crippen molar-refractivity contribution in [2.45, 2.75) is 18.7 Å². The maximum absolute atomic E-state index is 10.7. The Balaban J connectivity index is -0.000000135. The summed E-state index contributed by atoms with van der Waals surface area (Å²) in [5, 5.41) is 0. The smallest absolute Gasteiger partial charge is 1.00 e. The Morgan fingerprint density at radius 1 is 1.38 bits per heavy atom. The van der Waals surface area contributed by atoms with Crippen LogP contribution in [-0.2, 0) is 31.4 Å². The number of alkyl halides is 1. The minimum atomic E-state index is -0.771. The molecule has 7 heteroatoms. The van der Waals surface area contributed by atoms with Gasteiger partial charge in [0.1, 0.15) is 0 Å². The van der Waals surface area contributed by atoms with Gasteiger partial charge in [0, 0.05) is 0 Å². The van der Waals surface area contributed by atoms with Gasteiger partial charge in [0.25, 0.3) is 5.78 Å². The van der Waals surface area contributed by atoms with Crippen molar-refractivity contribution in [3.8, 4) is 0 Å². The van der Waals surface area contributed by atoms with Crippen LogP contribution in [0.5, 0.6) is 0 Å². The molecule has 0 saturated carbocycles. The Labute approximate surface area is 117 Å². The summed E-state index contributed by atoms with van der Waals surface area (Å²) in [5.74, 6) is -1.31. The zero-order valence-corrected chi connectivity index (χ0v) is 12.6. The molecule has 0 aliphatic carbocycles. The number of hydrogen-bond donors (Lipinski definition) is 0. The molecule has 0 rings (SSSR count). The molecule has 0 aromatic carbocycles. The number of esters is 1. The number of hydrogen-bond acceptors (Lipinski definition) is 3. The first kappa shape index (κ1) is 23.7. The van der Waals surface area contributed by atoms with E-state index in [0.29, 0.717) is 0 Å². The fraction of sp³-hybridized carbons (Fsp3) is 0.667. The number of ether oxygens (including phenoxy) is 1. The van der Waals surface area contributed by atoms with Gasteiger partial charge in [-0.3, -0.25) is 4.79 Å². The summed E-state index contributed by atoms with van der Waals surface area (Å²) >= 11 is 2.96. The first-order valence-corrected chi connectivity index (χ1v) is 3.86. The van der Waals surface area contributed by atoms with Crippen molar-refractivity contribution in [1.29, 1.82) is 0 Å². The number of rotatable bonds is 3. The summed E-state index contributed by atoms with van der Waals surface area (Å²) in [7, 11) is 0. The van der Waals surface area contributed by atoms with E-state index >= 15 is 0 Å². The second-order valence-corrected chi connectivity index (χ2v) is 3.07. The first-order chi connectivity index (χ1) is 4.59. The van der Waals surface area contributed by atoms with Crippen molar-refractivity contribution in [3.05, 3.63) is 0 Å². The van der Waals surface area contributed by atoms with Crippen LogP contribution in [-0.4, -0.2) is 23.2 Å². The van der Waals surface area contributed by atoms with Crippen molar-refractivity contribution in [2.24, 2.45) is 0 Å². The first-order valence-electron chi connectivity index (χ1n) is 2.94. The Hall–Kier alpha value is 1.10. The van der Waals surface area contributed by atoms with Crippen molar-refractivity contribution >= 4 is 27.7 Å². The molecule has 1 radical (unpaired) electrons. The quantitative estimate of drug-likeness (QED) is 0.194. The van der Waals surface area contributed by atoms with Gasteiger partial charge in [0.05, 0.1) is 11.4 Å². The van der Waals surface area contributed by atoms with Crippen molar-refractivity contribution in [1.82, 2.24) is 0 Å². The molecule has 0 aromatic heterocycles. The van der Waals surface area contributed by atoms with Gasteiger partial charge in [0.2, 0.25) is 0 Å². The van der Waals surface area contributed by atoms with E-state index in [0.717, 1.165) is 0 Å². The molecule has 0 N–H and O–H groups in total. The molecule has 0 amide bonds. The van der Waals surface area contributed by atoms with Gasteiger partial charge < -0.3 is 38.7 Å². The molecule has 0 saturated heterocycles. The summed E-state index contributed by atoms with van der Waals surface area (Å²) < 4.78 is 4.45. The zero-order valence-electron chi connectivity index (χ0n) is 6.94. The standard InChI is InChI=1S/C6H9BrO3.2BrH.Cu/c1-3-10-6(9)5(8)4(2)7;;;/h4H,3H2,1-2H3;2*1H;/q;;;+2/p-2. The summed E-state index contributed by atoms with van der Waals surface area (Å²) in [6.45, 7) is 3.48. The van der Waals surface area contributed by atoms with Gasteiger partial charge in [-0.2, -0.15) is 0 Å². The van der Waals surface area contributed by atoms with E-state index in [1.54, 1.807) is 13.8 Å². The van der Waals surface area contributed by atoms with Crippen LogP contribution in [0.15, 0.2) is 0 Å². The van der Waals surface area contributed by atoms with Crippen LogP contribution in [0.25, 0.3) is 0 Å². The van der Waals surface area contributed by atoms with E-state index < -0.39 is 16.6 Å². The van der Waals surface area contributed by atoms with Gasteiger partial charge in [-0.25, -0.2) is 4.79 Å². The molecule has 0 spiro atoms. The molecule has 1 atom stereocenters. The Morgan fingerprint density at radius 3 is 2.00 bits per heavy atom. The van der Waals surface area contributed by atoms with Crippen LogP contribution in [0.4, 0.5) is 0 Å². The van der Waals surface area contributed by atoms with E-state index in [4.69, 9.17) is 0 Å². The van der Waals surface area contributed by atoms with Crippen molar-refractivity contribution in [3.63, 3.8) is 0 Å². The van der Waals surface area contributed by atoms with Crippen LogP contribution in [0, 0.1) is 0 Å². The summed E-state index contributed by atoms with van der Waals surface area (Å²) in [4.78, 5) is 20.8. The van der Waals surface area contributed by atoms with Gasteiger partial charge in [0.15, 0.2) is 0 Å². The second-order valence-electron chi connectivity index (χ2n) is 1.70. The fourth-order valence-corrected chi connectivity index (χ4v) is 0.552. The third-order valence-electron chi connectivity index (χ3n) is 0.838. The van der Waals surface area contributed by atoms with Gasteiger partial charge in [-0.1, -0.05) is 15.9 Å². The number of halogens is 3. The SMILES string of the molecule is CCOC(=O)C(=O)C(C)Br.[Br-].[Br-].[Cu+2]. The molecular formula is C6H9Br3CuO3.